The van der Waals surface area contributed by atoms with Crippen LogP contribution in [0.2, 0.25) is 0 Å². The maximum absolute atomic E-state index is 10.3. The van der Waals surface area contributed by atoms with Crippen molar-refractivity contribution < 1.29 is 20.1 Å². The number of nitrogens with zero attached hydrogens (tertiary/aromatic N) is 1. The van der Waals surface area contributed by atoms with Crippen LogP contribution in [0.5, 0.6) is 5.75 Å². The molecule has 4 N–H and O–H groups in total. The summed E-state index contributed by atoms with van der Waals surface area (Å²) in [5.74, 6) is -0.839. The average molecular weight is 240 g/mol. The van der Waals surface area contributed by atoms with Gasteiger partial charge in [-0.15, -0.1) is 0 Å². The van der Waals surface area contributed by atoms with Gasteiger partial charge in [0.15, 0.2) is 0 Å². The van der Waals surface area contributed by atoms with Crippen LogP contribution >= 0.6 is 0 Å². The molecule has 0 fully saturated rings. The number of carboxylic acid groups (broad SMARTS) is 1. The van der Waals surface area contributed by atoms with Crippen LogP contribution in [0.1, 0.15) is 23.2 Å². The third-order valence-electron chi connectivity index (χ3n) is 2.42. The SMILES string of the molecule is Cc1ncc(CO)c(CNCCC(=O)O)c1O. The van der Waals surface area contributed by atoms with Crippen LogP contribution in [0, 0.1) is 6.92 Å². The fourth-order valence-electron chi connectivity index (χ4n) is 1.43. The fourth-order valence-corrected chi connectivity index (χ4v) is 1.43. The van der Waals surface area contributed by atoms with Crippen LogP contribution in [-0.2, 0) is 17.9 Å². The Morgan fingerprint density at radius 3 is 2.82 bits per heavy atom. The van der Waals surface area contributed by atoms with Gasteiger partial charge in [0.1, 0.15) is 5.75 Å². The highest BCUT2D eigenvalue weighted by atomic mass is 16.4. The number of aliphatic carboxylic acids is 1. The Bertz CT molecular complexity index is 407. The number of rotatable bonds is 6. The molecule has 0 aromatic carbocycles. The number of carboxylic acids is 1. The molecule has 0 bridgehead atoms. The van der Waals surface area contributed by atoms with E-state index in [1.165, 1.54) is 6.20 Å². The quantitative estimate of drug-likeness (QED) is 0.528. The Morgan fingerprint density at radius 2 is 2.24 bits per heavy atom. The molecular formula is C11H16N2O4. The Kier molecular flexibility index (Phi) is 4.86. The molecule has 0 spiro atoms. The molecule has 94 valence electrons. The predicted octanol–water partition coefficient (Wildman–Crippen LogP) is 0.152. The number of carbonyl (C=O) groups is 1. The first-order valence-corrected chi connectivity index (χ1v) is 5.26. The summed E-state index contributed by atoms with van der Waals surface area (Å²) in [6, 6.07) is 0. The topological polar surface area (TPSA) is 103 Å². The van der Waals surface area contributed by atoms with Crippen molar-refractivity contribution in [2.24, 2.45) is 0 Å². The molecule has 1 heterocycles. The molecule has 0 saturated carbocycles. The van der Waals surface area contributed by atoms with Gasteiger partial charge in [0.05, 0.1) is 18.7 Å². The maximum Gasteiger partial charge on any atom is 0.304 e. The van der Waals surface area contributed by atoms with E-state index in [2.05, 4.69) is 10.3 Å². The second-order valence-corrected chi connectivity index (χ2v) is 3.67. The standard InChI is InChI=1S/C11H16N2O4/c1-7-11(17)9(8(6-14)4-13-7)5-12-3-2-10(15)16/h4,12,14,17H,2-3,5-6H2,1H3,(H,15,16). The van der Waals surface area contributed by atoms with E-state index < -0.39 is 5.97 Å². The lowest BCUT2D eigenvalue weighted by Gasteiger charge is -2.11. The highest BCUT2D eigenvalue weighted by Gasteiger charge is 2.10. The molecule has 6 heteroatoms. The minimum atomic E-state index is -0.880. The zero-order valence-corrected chi connectivity index (χ0v) is 9.60. The highest BCUT2D eigenvalue weighted by molar-refractivity contribution is 5.66. The summed E-state index contributed by atoms with van der Waals surface area (Å²) in [7, 11) is 0. The van der Waals surface area contributed by atoms with Gasteiger partial charge in [-0.1, -0.05) is 0 Å². The number of pyridine rings is 1. The minimum Gasteiger partial charge on any atom is -0.506 e. The van der Waals surface area contributed by atoms with Crippen LogP contribution in [0.4, 0.5) is 0 Å². The molecule has 0 radical (unpaired) electrons. The van der Waals surface area contributed by atoms with Crippen molar-refractivity contribution in [2.45, 2.75) is 26.5 Å². The Balaban J connectivity index is 2.68. The lowest BCUT2D eigenvalue weighted by molar-refractivity contribution is -0.136. The van der Waals surface area contributed by atoms with Gasteiger partial charge in [0.2, 0.25) is 0 Å². The molecule has 0 aliphatic rings. The molecular weight excluding hydrogens is 224 g/mol. The summed E-state index contributed by atoms with van der Waals surface area (Å²) in [5, 5.41) is 30.3. The molecule has 0 amide bonds. The van der Waals surface area contributed by atoms with Crippen molar-refractivity contribution in [3.05, 3.63) is 23.0 Å². The van der Waals surface area contributed by atoms with E-state index in [0.717, 1.165) is 0 Å². The van der Waals surface area contributed by atoms with E-state index in [0.29, 0.717) is 29.9 Å². The average Bonchev–Trinajstić information content (AvgIpc) is 2.29. The van der Waals surface area contributed by atoms with Crippen LogP contribution in [0.3, 0.4) is 0 Å². The number of aromatic hydroxyl groups is 1. The number of aliphatic hydroxyl groups is 1. The number of hydrogen-bond donors (Lipinski definition) is 4. The van der Waals surface area contributed by atoms with Gasteiger partial charge in [0.25, 0.3) is 0 Å². The van der Waals surface area contributed by atoms with Crippen molar-refractivity contribution in [1.29, 1.82) is 0 Å². The van der Waals surface area contributed by atoms with Gasteiger partial charge in [-0.05, 0) is 6.92 Å². The third-order valence-corrected chi connectivity index (χ3v) is 2.42. The number of aliphatic hydroxyl groups excluding tert-OH is 1. The van der Waals surface area contributed by atoms with Gasteiger partial charge in [-0.25, -0.2) is 0 Å². The summed E-state index contributed by atoms with van der Waals surface area (Å²) in [6.07, 6.45) is 1.52. The van der Waals surface area contributed by atoms with Gasteiger partial charge in [-0.2, -0.15) is 0 Å². The summed E-state index contributed by atoms with van der Waals surface area (Å²) < 4.78 is 0. The van der Waals surface area contributed by atoms with Crippen molar-refractivity contribution in [3.63, 3.8) is 0 Å². The van der Waals surface area contributed by atoms with E-state index in [9.17, 15) is 9.90 Å². The second kappa shape index (κ2) is 6.17. The predicted molar refractivity (Wildman–Crippen MR) is 60.5 cm³/mol. The molecule has 6 nitrogen and oxygen atoms in total. The number of nitrogens with one attached hydrogen (secondary N) is 1. The van der Waals surface area contributed by atoms with E-state index in [1.54, 1.807) is 6.92 Å². The molecule has 17 heavy (non-hydrogen) atoms. The van der Waals surface area contributed by atoms with Crippen LogP contribution in [0.25, 0.3) is 0 Å². The van der Waals surface area contributed by atoms with E-state index in [-0.39, 0.29) is 18.8 Å². The van der Waals surface area contributed by atoms with Crippen LogP contribution in [-0.4, -0.2) is 32.8 Å². The summed E-state index contributed by atoms with van der Waals surface area (Å²) in [6.45, 7) is 2.06. The Hall–Kier alpha value is -1.66. The van der Waals surface area contributed by atoms with E-state index in [1.807, 2.05) is 0 Å². The Morgan fingerprint density at radius 1 is 1.53 bits per heavy atom. The molecule has 1 rings (SSSR count). The van der Waals surface area contributed by atoms with Gasteiger partial charge >= 0.3 is 5.97 Å². The van der Waals surface area contributed by atoms with Crippen molar-refractivity contribution >= 4 is 5.97 Å². The molecule has 1 aromatic heterocycles. The van der Waals surface area contributed by atoms with Gasteiger partial charge < -0.3 is 20.6 Å². The lowest BCUT2D eigenvalue weighted by Crippen LogP contribution is -2.19. The van der Waals surface area contributed by atoms with E-state index >= 15 is 0 Å². The summed E-state index contributed by atoms with van der Waals surface area (Å²) in [5.41, 5.74) is 1.58. The molecule has 0 aliphatic heterocycles. The third kappa shape index (κ3) is 3.69. The molecule has 0 saturated heterocycles. The highest BCUT2D eigenvalue weighted by Crippen LogP contribution is 2.23. The molecule has 0 atom stereocenters. The largest absolute Gasteiger partial charge is 0.506 e. The normalized spacial score (nSPS) is 10.5. The summed E-state index contributed by atoms with van der Waals surface area (Å²) >= 11 is 0. The smallest absolute Gasteiger partial charge is 0.304 e. The first kappa shape index (κ1) is 13.4. The van der Waals surface area contributed by atoms with Gasteiger partial charge in [0, 0.05) is 30.4 Å². The maximum atomic E-state index is 10.3. The number of hydrogen-bond acceptors (Lipinski definition) is 5. The van der Waals surface area contributed by atoms with Crippen LogP contribution in [0.15, 0.2) is 6.20 Å². The molecule has 0 unspecified atom stereocenters. The van der Waals surface area contributed by atoms with Crippen molar-refractivity contribution in [2.75, 3.05) is 6.54 Å². The van der Waals surface area contributed by atoms with Gasteiger partial charge in [-0.3, -0.25) is 9.78 Å². The fraction of sp³-hybridized carbons (Fsp3) is 0.455. The number of aromatic nitrogens is 1. The first-order chi connectivity index (χ1) is 8.06. The zero-order valence-electron chi connectivity index (χ0n) is 9.60. The van der Waals surface area contributed by atoms with Crippen molar-refractivity contribution in [1.82, 2.24) is 10.3 Å². The van der Waals surface area contributed by atoms with E-state index in [4.69, 9.17) is 10.2 Å². The van der Waals surface area contributed by atoms with Crippen LogP contribution < -0.4 is 5.32 Å². The second-order valence-electron chi connectivity index (χ2n) is 3.67. The monoisotopic (exact) mass is 240 g/mol. The zero-order chi connectivity index (χ0) is 12.8. The Labute approximate surface area is 98.9 Å². The first-order valence-electron chi connectivity index (χ1n) is 5.26. The molecule has 1 aromatic rings. The number of aryl methyl sites for hydroxylation is 1. The molecule has 0 aliphatic carbocycles. The van der Waals surface area contributed by atoms with Crippen molar-refractivity contribution in [3.8, 4) is 5.75 Å². The lowest BCUT2D eigenvalue weighted by atomic mass is 10.1. The summed E-state index contributed by atoms with van der Waals surface area (Å²) in [4.78, 5) is 14.3. The minimum absolute atomic E-state index is 0.0132.